The summed E-state index contributed by atoms with van der Waals surface area (Å²) in [4.78, 5) is 0.864. The number of aromatic hydroxyl groups is 1. The first-order valence-electron chi connectivity index (χ1n) is 5.85. The Bertz CT molecular complexity index is 259. The lowest BCUT2D eigenvalue weighted by atomic mass is 10.1. The van der Waals surface area contributed by atoms with Crippen LogP contribution in [0.25, 0.3) is 0 Å². The smallest absolute Gasteiger partial charge is 0.115 e. The second-order valence-corrected chi connectivity index (χ2v) is 4.74. The number of hydrogen-bond donors (Lipinski definition) is 3. The summed E-state index contributed by atoms with van der Waals surface area (Å²) in [7, 11) is 2.04. The van der Waals surface area contributed by atoms with Crippen LogP contribution in [0.3, 0.4) is 0 Å². The summed E-state index contributed by atoms with van der Waals surface area (Å²) >= 11 is 4.02. The Morgan fingerprint density at radius 2 is 1.81 bits per heavy atom. The van der Waals surface area contributed by atoms with E-state index >= 15 is 0 Å². The van der Waals surface area contributed by atoms with Crippen LogP contribution in [-0.4, -0.2) is 18.7 Å². The molecule has 0 aromatic heterocycles. The molecule has 1 aliphatic carbocycles. The lowest BCUT2D eigenvalue weighted by molar-refractivity contribution is 0.475. The number of phenolic OH excluding ortho intramolecular Hbond substituents is 1. The van der Waals surface area contributed by atoms with Crippen LogP contribution in [0.2, 0.25) is 0 Å². The maximum Gasteiger partial charge on any atom is 0.115 e. The molecule has 0 heterocycles. The highest BCUT2D eigenvalue weighted by atomic mass is 32.1. The topological polar surface area (TPSA) is 32.3 Å². The van der Waals surface area contributed by atoms with E-state index in [1.54, 1.807) is 24.3 Å². The molecule has 0 spiro atoms. The standard InChI is InChI=1S/C7H15N.C6H6OS/c1-8-6-7-4-2-3-5-7;7-5-1-3-6(8)4-2-5/h7-8H,2-6H2,1H3;1-4,7-8H. The summed E-state index contributed by atoms with van der Waals surface area (Å²) in [5.74, 6) is 1.28. The Labute approximate surface area is 103 Å². The van der Waals surface area contributed by atoms with Gasteiger partial charge >= 0.3 is 0 Å². The summed E-state index contributed by atoms with van der Waals surface area (Å²) in [6.45, 7) is 1.24. The first-order valence-corrected chi connectivity index (χ1v) is 6.29. The summed E-state index contributed by atoms with van der Waals surface area (Å²) < 4.78 is 0. The van der Waals surface area contributed by atoms with Crippen LogP contribution >= 0.6 is 12.6 Å². The van der Waals surface area contributed by atoms with Gasteiger partial charge in [0.15, 0.2) is 0 Å². The van der Waals surface area contributed by atoms with E-state index in [0.29, 0.717) is 0 Å². The van der Waals surface area contributed by atoms with Crippen molar-refractivity contribution in [3.05, 3.63) is 24.3 Å². The quantitative estimate of drug-likeness (QED) is 0.693. The van der Waals surface area contributed by atoms with Crippen molar-refractivity contribution in [1.82, 2.24) is 5.32 Å². The van der Waals surface area contributed by atoms with E-state index < -0.39 is 0 Å². The summed E-state index contributed by atoms with van der Waals surface area (Å²) in [5, 5.41) is 11.9. The van der Waals surface area contributed by atoms with Crippen molar-refractivity contribution >= 4 is 12.6 Å². The van der Waals surface area contributed by atoms with Crippen LogP contribution in [0, 0.1) is 5.92 Å². The van der Waals surface area contributed by atoms with Gasteiger partial charge < -0.3 is 10.4 Å². The molecule has 1 aromatic carbocycles. The first-order chi connectivity index (χ1) is 7.72. The van der Waals surface area contributed by atoms with E-state index in [0.717, 1.165) is 10.8 Å². The number of hydrogen-bond acceptors (Lipinski definition) is 3. The van der Waals surface area contributed by atoms with Gasteiger partial charge in [-0.05, 0) is 56.6 Å². The van der Waals surface area contributed by atoms with E-state index in [1.807, 2.05) is 7.05 Å². The van der Waals surface area contributed by atoms with Gasteiger partial charge in [0, 0.05) is 4.90 Å². The largest absolute Gasteiger partial charge is 0.508 e. The van der Waals surface area contributed by atoms with E-state index in [2.05, 4.69) is 17.9 Å². The fourth-order valence-electron chi connectivity index (χ4n) is 1.96. The minimum Gasteiger partial charge on any atom is -0.508 e. The molecule has 3 heteroatoms. The molecule has 2 N–H and O–H groups in total. The molecule has 0 radical (unpaired) electrons. The molecule has 1 aromatic rings. The van der Waals surface area contributed by atoms with E-state index in [9.17, 15) is 0 Å². The van der Waals surface area contributed by atoms with Gasteiger partial charge in [-0.25, -0.2) is 0 Å². The Hall–Kier alpha value is -0.670. The van der Waals surface area contributed by atoms with Crippen molar-refractivity contribution in [2.45, 2.75) is 30.6 Å². The van der Waals surface area contributed by atoms with Crippen molar-refractivity contribution < 1.29 is 5.11 Å². The second kappa shape index (κ2) is 7.58. The molecule has 1 saturated carbocycles. The highest BCUT2D eigenvalue weighted by molar-refractivity contribution is 7.80. The zero-order valence-electron chi connectivity index (χ0n) is 9.82. The molecule has 1 aliphatic rings. The van der Waals surface area contributed by atoms with Crippen LogP contribution in [0.1, 0.15) is 25.7 Å². The van der Waals surface area contributed by atoms with Gasteiger partial charge in [-0.2, -0.15) is 0 Å². The maximum atomic E-state index is 8.72. The van der Waals surface area contributed by atoms with Crippen molar-refractivity contribution in [3.63, 3.8) is 0 Å². The summed E-state index contributed by atoms with van der Waals surface area (Å²) in [6.07, 6.45) is 5.85. The van der Waals surface area contributed by atoms with Gasteiger partial charge in [0.05, 0.1) is 0 Å². The van der Waals surface area contributed by atoms with Gasteiger partial charge in [-0.1, -0.05) is 12.8 Å². The zero-order valence-corrected chi connectivity index (χ0v) is 10.7. The number of rotatable bonds is 2. The molecule has 2 rings (SSSR count). The third kappa shape index (κ3) is 5.42. The molecule has 0 aliphatic heterocycles. The Balaban J connectivity index is 0.000000160. The van der Waals surface area contributed by atoms with Gasteiger partial charge in [0.2, 0.25) is 0 Å². The van der Waals surface area contributed by atoms with Crippen LogP contribution in [-0.2, 0) is 0 Å². The first kappa shape index (κ1) is 13.4. The minimum atomic E-state index is 0.280. The minimum absolute atomic E-state index is 0.280. The normalized spacial score (nSPS) is 15.6. The van der Waals surface area contributed by atoms with Crippen LogP contribution < -0.4 is 5.32 Å². The summed E-state index contributed by atoms with van der Waals surface area (Å²) in [6, 6.07) is 6.67. The highest BCUT2D eigenvalue weighted by Crippen LogP contribution is 2.23. The number of nitrogens with one attached hydrogen (secondary N) is 1. The Kier molecular flexibility index (Phi) is 6.34. The van der Waals surface area contributed by atoms with Gasteiger partial charge in [-0.15, -0.1) is 12.6 Å². The Morgan fingerprint density at radius 1 is 1.25 bits per heavy atom. The predicted octanol–water partition coefficient (Wildman–Crippen LogP) is 3.08. The second-order valence-electron chi connectivity index (χ2n) is 4.22. The Morgan fingerprint density at radius 3 is 2.25 bits per heavy atom. The molecule has 0 saturated heterocycles. The maximum absolute atomic E-state index is 8.72. The van der Waals surface area contributed by atoms with Crippen LogP contribution in [0.4, 0.5) is 0 Å². The van der Waals surface area contributed by atoms with Crippen molar-refractivity contribution in [3.8, 4) is 5.75 Å². The molecule has 2 nitrogen and oxygen atoms in total. The van der Waals surface area contributed by atoms with Crippen molar-refractivity contribution in [1.29, 1.82) is 0 Å². The van der Waals surface area contributed by atoms with Gasteiger partial charge in [-0.3, -0.25) is 0 Å². The molecule has 90 valence electrons. The molecular formula is C13H21NOS. The van der Waals surface area contributed by atoms with E-state index in [4.69, 9.17) is 5.11 Å². The number of phenols is 1. The molecule has 0 unspecified atom stereocenters. The lowest BCUT2D eigenvalue weighted by Crippen LogP contribution is -2.15. The zero-order chi connectivity index (χ0) is 11.8. The molecule has 1 fully saturated rings. The average Bonchev–Trinajstić information content (AvgIpc) is 2.77. The summed E-state index contributed by atoms with van der Waals surface area (Å²) in [5.41, 5.74) is 0. The van der Waals surface area contributed by atoms with Crippen molar-refractivity contribution in [2.75, 3.05) is 13.6 Å². The average molecular weight is 239 g/mol. The molecular weight excluding hydrogens is 218 g/mol. The van der Waals surface area contributed by atoms with Crippen molar-refractivity contribution in [2.24, 2.45) is 5.92 Å². The van der Waals surface area contributed by atoms with Gasteiger partial charge in [0.25, 0.3) is 0 Å². The lowest BCUT2D eigenvalue weighted by Gasteiger charge is -2.04. The number of benzene rings is 1. The monoisotopic (exact) mass is 239 g/mol. The molecule has 16 heavy (non-hydrogen) atoms. The molecule has 0 amide bonds. The SMILES string of the molecule is CNCC1CCCC1.Oc1ccc(S)cc1. The highest BCUT2D eigenvalue weighted by Gasteiger charge is 2.12. The number of thiol groups is 1. The predicted molar refractivity (Wildman–Crippen MR) is 71.2 cm³/mol. The molecule has 0 atom stereocenters. The van der Waals surface area contributed by atoms with Gasteiger partial charge in [0.1, 0.15) is 5.75 Å². The van der Waals surface area contributed by atoms with E-state index in [-0.39, 0.29) is 5.75 Å². The molecule has 0 bridgehead atoms. The van der Waals surface area contributed by atoms with E-state index in [1.165, 1.54) is 32.2 Å². The van der Waals surface area contributed by atoms with Crippen LogP contribution in [0.5, 0.6) is 5.75 Å². The fourth-order valence-corrected chi connectivity index (χ4v) is 2.10. The fraction of sp³-hybridized carbons (Fsp3) is 0.538. The third-order valence-corrected chi connectivity index (χ3v) is 3.12. The van der Waals surface area contributed by atoms with Crippen LogP contribution in [0.15, 0.2) is 29.2 Å². The third-order valence-electron chi connectivity index (χ3n) is 2.82.